The Kier molecular flexibility index (Phi) is 4.64. The summed E-state index contributed by atoms with van der Waals surface area (Å²) < 4.78 is 0. The number of benzene rings is 1. The number of carbonyl (C=O) groups is 2. The number of anilines is 1. The first-order valence-corrected chi connectivity index (χ1v) is 8.87. The molecule has 6 heteroatoms. The van der Waals surface area contributed by atoms with Crippen LogP contribution >= 0.6 is 23.4 Å². The molecule has 4 nitrogen and oxygen atoms in total. The van der Waals surface area contributed by atoms with Crippen LogP contribution in [0.5, 0.6) is 0 Å². The Bertz CT molecular complexity index is 608. The second kappa shape index (κ2) is 6.50. The summed E-state index contributed by atoms with van der Waals surface area (Å²) in [4.78, 5) is 27.6. The molecule has 1 aromatic rings. The van der Waals surface area contributed by atoms with Gasteiger partial charge in [0.2, 0.25) is 11.8 Å². The van der Waals surface area contributed by atoms with Gasteiger partial charge in [-0.05, 0) is 44.4 Å². The number of carbonyl (C=O) groups excluding carboxylic acids is 2. The molecule has 2 aliphatic rings. The summed E-state index contributed by atoms with van der Waals surface area (Å²) >= 11 is 7.39. The van der Waals surface area contributed by atoms with E-state index in [-0.39, 0.29) is 29.5 Å². The van der Waals surface area contributed by atoms with Crippen molar-refractivity contribution in [1.82, 2.24) is 4.90 Å². The van der Waals surface area contributed by atoms with Gasteiger partial charge in [-0.2, -0.15) is 0 Å². The lowest BCUT2D eigenvalue weighted by Crippen LogP contribution is -2.44. The molecule has 1 N–H and O–H groups in total. The first kappa shape index (κ1) is 15.7. The molecule has 2 atom stereocenters. The van der Waals surface area contributed by atoms with Crippen molar-refractivity contribution in [3.8, 4) is 0 Å². The van der Waals surface area contributed by atoms with Crippen molar-refractivity contribution >= 4 is 40.9 Å². The largest absolute Gasteiger partial charge is 0.340 e. The molecule has 0 spiro atoms. The summed E-state index contributed by atoms with van der Waals surface area (Å²) in [5, 5.41) is 3.08. The van der Waals surface area contributed by atoms with Crippen LogP contribution in [0.25, 0.3) is 0 Å². The molecule has 2 heterocycles. The fourth-order valence-corrected chi connectivity index (χ4v) is 4.26. The van der Waals surface area contributed by atoms with Gasteiger partial charge in [-0.25, -0.2) is 0 Å². The molecule has 0 bridgehead atoms. The van der Waals surface area contributed by atoms with Crippen LogP contribution in [0.4, 0.5) is 5.69 Å². The quantitative estimate of drug-likeness (QED) is 0.897. The van der Waals surface area contributed by atoms with Crippen molar-refractivity contribution in [3.63, 3.8) is 0 Å². The van der Waals surface area contributed by atoms with Crippen LogP contribution < -0.4 is 5.32 Å². The predicted molar refractivity (Wildman–Crippen MR) is 89.4 cm³/mol. The van der Waals surface area contributed by atoms with Crippen LogP contribution in [0.3, 0.4) is 0 Å². The van der Waals surface area contributed by atoms with Gasteiger partial charge in [0.05, 0.1) is 10.9 Å². The number of nitrogens with one attached hydrogen (secondary N) is 1. The van der Waals surface area contributed by atoms with E-state index in [1.807, 2.05) is 11.0 Å². The van der Waals surface area contributed by atoms with E-state index in [1.165, 1.54) is 18.2 Å². The minimum absolute atomic E-state index is 0.0808. The van der Waals surface area contributed by atoms with Crippen molar-refractivity contribution in [1.29, 1.82) is 0 Å². The third-order valence-electron chi connectivity index (χ3n) is 4.24. The van der Waals surface area contributed by atoms with Crippen LogP contribution in [-0.4, -0.2) is 34.6 Å². The minimum Gasteiger partial charge on any atom is -0.340 e. The molecule has 0 aliphatic carbocycles. The number of fused-ring (bicyclic) bond motifs is 1. The third kappa shape index (κ3) is 3.25. The molecule has 22 heavy (non-hydrogen) atoms. The van der Waals surface area contributed by atoms with Crippen molar-refractivity contribution < 1.29 is 9.59 Å². The van der Waals surface area contributed by atoms with E-state index in [0.717, 1.165) is 30.0 Å². The molecule has 0 radical (unpaired) electrons. The van der Waals surface area contributed by atoms with E-state index in [1.54, 1.807) is 12.1 Å². The highest BCUT2D eigenvalue weighted by Gasteiger charge is 2.32. The van der Waals surface area contributed by atoms with Gasteiger partial charge in [0, 0.05) is 28.9 Å². The van der Waals surface area contributed by atoms with E-state index in [2.05, 4.69) is 12.2 Å². The van der Waals surface area contributed by atoms with Crippen LogP contribution in [0.15, 0.2) is 23.1 Å². The van der Waals surface area contributed by atoms with E-state index >= 15 is 0 Å². The maximum absolute atomic E-state index is 12.5. The van der Waals surface area contributed by atoms with Gasteiger partial charge in [-0.15, -0.1) is 11.8 Å². The lowest BCUT2D eigenvalue weighted by molar-refractivity contribution is -0.135. The van der Waals surface area contributed by atoms with Crippen molar-refractivity contribution in [2.45, 2.75) is 48.8 Å². The average molecular weight is 339 g/mol. The summed E-state index contributed by atoms with van der Waals surface area (Å²) in [5.74, 6) is -0.0324. The predicted octanol–water partition coefficient (Wildman–Crippen LogP) is 3.54. The Hall–Kier alpha value is -1.20. The lowest BCUT2D eigenvalue weighted by Gasteiger charge is -2.34. The third-order valence-corrected chi connectivity index (χ3v) is 5.75. The number of piperidine rings is 1. The SMILES string of the molecule is C[C@@H]1CCCCN1C(=O)C[C@@H]1Sc2ccc(Cl)cc2NC1=O. The summed E-state index contributed by atoms with van der Waals surface area (Å²) in [6, 6.07) is 5.72. The molecule has 0 unspecified atom stereocenters. The Morgan fingerprint density at radius 3 is 3.05 bits per heavy atom. The highest BCUT2D eigenvalue weighted by Crippen LogP contribution is 2.38. The molecule has 118 valence electrons. The topological polar surface area (TPSA) is 49.4 Å². The smallest absolute Gasteiger partial charge is 0.238 e. The monoisotopic (exact) mass is 338 g/mol. The van der Waals surface area contributed by atoms with Gasteiger partial charge in [0.15, 0.2) is 0 Å². The van der Waals surface area contributed by atoms with Gasteiger partial charge in [-0.3, -0.25) is 9.59 Å². The van der Waals surface area contributed by atoms with E-state index in [9.17, 15) is 9.59 Å². The molecule has 1 aromatic carbocycles. The summed E-state index contributed by atoms with van der Waals surface area (Å²) in [6.07, 6.45) is 3.54. The summed E-state index contributed by atoms with van der Waals surface area (Å²) in [5.41, 5.74) is 0.734. The van der Waals surface area contributed by atoms with Crippen LogP contribution in [0.1, 0.15) is 32.6 Å². The normalized spacial score (nSPS) is 24.6. The summed E-state index contributed by atoms with van der Waals surface area (Å²) in [7, 11) is 0. The van der Waals surface area contributed by atoms with Gasteiger partial charge >= 0.3 is 0 Å². The zero-order valence-corrected chi connectivity index (χ0v) is 14.0. The van der Waals surface area contributed by atoms with Crippen molar-refractivity contribution in [2.24, 2.45) is 0 Å². The molecular weight excluding hydrogens is 320 g/mol. The number of likely N-dealkylation sites (tertiary alicyclic amines) is 1. The molecule has 1 fully saturated rings. The summed E-state index contributed by atoms with van der Waals surface area (Å²) in [6.45, 7) is 2.90. The second-order valence-corrected chi connectivity index (χ2v) is 7.55. The standard InChI is InChI=1S/C16H19ClN2O2S/c1-10-4-2-3-7-19(10)15(20)9-14-16(21)18-12-8-11(17)5-6-13(12)22-14/h5-6,8,10,14H,2-4,7,9H2,1H3,(H,18,21)/t10-,14+/m1/s1. The fourth-order valence-electron chi connectivity index (χ4n) is 3.00. The Morgan fingerprint density at radius 1 is 1.45 bits per heavy atom. The first-order valence-electron chi connectivity index (χ1n) is 7.61. The second-order valence-electron chi connectivity index (χ2n) is 5.87. The Morgan fingerprint density at radius 2 is 2.27 bits per heavy atom. The number of nitrogens with zero attached hydrogens (tertiary/aromatic N) is 1. The van der Waals surface area contributed by atoms with Gasteiger partial charge < -0.3 is 10.2 Å². The number of amides is 2. The number of halogens is 1. The molecule has 3 rings (SSSR count). The maximum atomic E-state index is 12.5. The average Bonchev–Trinajstić information content (AvgIpc) is 2.48. The van der Waals surface area contributed by atoms with Crippen molar-refractivity contribution in [3.05, 3.63) is 23.2 Å². The molecule has 0 saturated carbocycles. The number of hydrogen-bond donors (Lipinski definition) is 1. The zero-order chi connectivity index (χ0) is 15.7. The minimum atomic E-state index is -0.365. The van der Waals surface area contributed by atoms with Crippen LogP contribution in [0.2, 0.25) is 5.02 Å². The molecule has 2 aliphatic heterocycles. The van der Waals surface area contributed by atoms with E-state index in [0.29, 0.717) is 5.02 Å². The van der Waals surface area contributed by atoms with Gasteiger partial charge in [0.25, 0.3) is 0 Å². The van der Waals surface area contributed by atoms with Crippen molar-refractivity contribution in [2.75, 3.05) is 11.9 Å². The molecule has 0 aromatic heterocycles. The molecular formula is C16H19ClN2O2S. The number of hydrogen-bond acceptors (Lipinski definition) is 3. The van der Waals surface area contributed by atoms with E-state index < -0.39 is 0 Å². The van der Waals surface area contributed by atoms with Gasteiger partial charge in [-0.1, -0.05) is 11.6 Å². The highest BCUT2D eigenvalue weighted by atomic mass is 35.5. The zero-order valence-electron chi connectivity index (χ0n) is 12.5. The number of rotatable bonds is 2. The lowest BCUT2D eigenvalue weighted by atomic mass is 10.0. The highest BCUT2D eigenvalue weighted by molar-refractivity contribution is 8.01. The maximum Gasteiger partial charge on any atom is 0.238 e. The number of thioether (sulfide) groups is 1. The molecule has 2 amide bonds. The Balaban J connectivity index is 1.69. The van der Waals surface area contributed by atoms with Crippen LogP contribution in [0, 0.1) is 0 Å². The first-order chi connectivity index (χ1) is 10.5. The molecule has 1 saturated heterocycles. The van der Waals surface area contributed by atoms with Gasteiger partial charge in [0.1, 0.15) is 0 Å². The fraction of sp³-hybridized carbons (Fsp3) is 0.500. The van der Waals surface area contributed by atoms with Crippen LogP contribution in [-0.2, 0) is 9.59 Å². The Labute approximate surface area is 139 Å². The van der Waals surface area contributed by atoms with E-state index in [4.69, 9.17) is 11.6 Å².